The van der Waals surface area contributed by atoms with Gasteiger partial charge in [-0.25, -0.2) is 0 Å². The molecule has 2 N–H and O–H groups in total. The summed E-state index contributed by atoms with van der Waals surface area (Å²) in [5, 5.41) is 0. The highest BCUT2D eigenvalue weighted by atomic mass is 15.3. The Bertz CT molecular complexity index is 422. The molecule has 20 heavy (non-hydrogen) atoms. The van der Waals surface area contributed by atoms with Crippen LogP contribution in [0, 0.1) is 5.92 Å². The summed E-state index contributed by atoms with van der Waals surface area (Å²) in [6.45, 7) is 6.76. The van der Waals surface area contributed by atoms with Gasteiger partial charge in [0.15, 0.2) is 0 Å². The number of piperidine rings is 1. The fraction of sp³-hybridized carbons (Fsp3) is 0.647. The summed E-state index contributed by atoms with van der Waals surface area (Å²) in [5.41, 5.74) is 8.91. The van der Waals surface area contributed by atoms with Crippen molar-refractivity contribution >= 4 is 5.69 Å². The van der Waals surface area contributed by atoms with E-state index >= 15 is 0 Å². The van der Waals surface area contributed by atoms with Gasteiger partial charge in [0.25, 0.3) is 0 Å². The minimum absolute atomic E-state index is 0.242. The molecule has 0 spiro atoms. The molecule has 0 saturated carbocycles. The van der Waals surface area contributed by atoms with Crippen molar-refractivity contribution in [1.82, 2.24) is 4.90 Å². The molecule has 1 saturated heterocycles. The highest BCUT2D eigenvalue weighted by Gasteiger charge is 2.30. The van der Waals surface area contributed by atoms with E-state index in [-0.39, 0.29) is 5.66 Å². The van der Waals surface area contributed by atoms with Gasteiger partial charge in [-0.3, -0.25) is 4.90 Å². The lowest BCUT2D eigenvalue weighted by Gasteiger charge is -2.43. The van der Waals surface area contributed by atoms with E-state index < -0.39 is 0 Å². The van der Waals surface area contributed by atoms with E-state index in [9.17, 15) is 0 Å². The van der Waals surface area contributed by atoms with Crippen LogP contribution in [-0.4, -0.2) is 37.7 Å². The van der Waals surface area contributed by atoms with Gasteiger partial charge in [0.2, 0.25) is 0 Å². The van der Waals surface area contributed by atoms with Crippen molar-refractivity contribution in [3.8, 4) is 0 Å². The SMILES string of the molecule is CC1CCCN(C(C)(N)Cc2ccc(N(C)C)cc2)C1. The molecular formula is C17H29N3. The van der Waals surface area contributed by atoms with E-state index in [1.807, 2.05) is 0 Å². The van der Waals surface area contributed by atoms with Crippen LogP contribution < -0.4 is 10.6 Å². The number of hydrogen-bond donors (Lipinski definition) is 1. The number of nitrogens with zero attached hydrogens (tertiary/aromatic N) is 2. The van der Waals surface area contributed by atoms with Crippen LogP contribution >= 0.6 is 0 Å². The predicted octanol–water partition coefficient (Wildman–Crippen LogP) is 2.70. The van der Waals surface area contributed by atoms with Crippen molar-refractivity contribution < 1.29 is 0 Å². The van der Waals surface area contributed by atoms with E-state index in [1.165, 1.54) is 24.1 Å². The van der Waals surface area contributed by atoms with Gasteiger partial charge in [0.1, 0.15) is 0 Å². The molecule has 3 nitrogen and oxygen atoms in total. The number of rotatable bonds is 4. The molecule has 2 unspecified atom stereocenters. The van der Waals surface area contributed by atoms with Crippen LogP contribution in [0.2, 0.25) is 0 Å². The lowest BCUT2D eigenvalue weighted by atomic mass is 9.93. The maximum Gasteiger partial charge on any atom is 0.0699 e. The van der Waals surface area contributed by atoms with Gasteiger partial charge in [-0.2, -0.15) is 0 Å². The van der Waals surface area contributed by atoms with Crippen molar-refractivity contribution in [3.05, 3.63) is 29.8 Å². The van der Waals surface area contributed by atoms with Crippen molar-refractivity contribution in [3.63, 3.8) is 0 Å². The molecule has 3 heteroatoms. The highest BCUT2D eigenvalue weighted by molar-refractivity contribution is 5.46. The van der Waals surface area contributed by atoms with Gasteiger partial charge in [-0.05, 0) is 49.9 Å². The molecule has 1 aliphatic rings. The fourth-order valence-corrected chi connectivity index (χ4v) is 3.09. The van der Waals surface area contributed by atoms with Crippen molar-refractivity contribution in [1.29, 1.82) is 0 Å². The smallest absolute Gasteiger partial charge is 0.0699 e. The maximum atomic E-state index is 6.60. The fourth-order valence-electron chi connectivity index (χ4n) is 3.09. The van der Waals surface area contributed by atoms with Crippen LogP contribution in [-0.2, 0) is 6.42 Å². The number of nitrogens with two attached hydrogens (primary N) is 1. The first-order chi connectivity index (χ1) is 9.38. The molecule has 1 aliphatic heterocycles. The van der Waals surface area contributed by atoms with E-state index in [0.717, 1.165) is 25.4 Å². The molecule has 112 valence electrons. The molecule has 0 aromatic heterocycles. The van der Waals surface area contributed by atoms with Gasteiger partial charge < -0.3 is 10.6 Å². The van der Waals surface area contributed by atoms with Crippen LogP contribution in [0.4, 0.5) is 5.69 Å². The van der Waals surface area contributed by atoms with Crippen LogP contribution in [0.3, 0.4) is 0 Å². The predicted molar refractivity (Wildman–Crippen MR) is 87.0 cm³/mol. The van der Waals surface area contributed by atoms with Gasteiger partial charge >= 0.3 is 0 Å². The van der Waals surface area contributed by atoms with Gasteiger partial charge in [-0.1, -0.05) is 19.1 Å². The highest BCUT2D eigenvalue weighted by Crippen LogP contribution is 2.24. The van der Waals surface area contributed by atoms with E-state index in [4.69, 9.17) is 5.73 Å². The lowest BCUT2D eigenvalue weighted by Crippen LogP contribution is -2.58. The van der Waals surface area contributed by atoms with Gasteiger partial charge in [0.05, 0.1) is 5.66 Å². The van der Waals surface area contributed by atoms with Crippen LogP contribution in [0.5, 0.6) is 0 Å². The molecule has 0 bridgehead atoms. The van der Waals surface area contributed by atoms with Crippen LogP contribution in [0.1, 0.15) is 32.3 Å². The second-order valence-corrected chi connectivity index (χ2v) is 6.79. The number of anilines is 1. The average Bonchev–Trinajstić information content (AvgIpc) is 2.39. The molecule has 0 radical (unpaired) electrons. The van der Waals surface area contributed by atoms with Crippen molar-refractivity contribution in [2.75, 3.05) is 32.1 Å². The molecule has 2 atom stereocenters. The molecule has 0 aliphatic carbocycles. The molecular weight excluding hydrogens is 246 g/mol. The molecule has 1 heterocycles. The third-order valence-corrected chi connectivity index (χ3v) is 4.39. The molecule has 0 amide bonds. The average molecular weight is 275 g/mol. The Hall–Kier alpha value is -1.06. The zero-order chi connectivity index (χ0) is 14.8. The van der Waals surface area contributed by atoms with Crippen LogP contribution in [0.15, 0.2) is 24.3 Å². The normalized spacial score (nSPS) is 23.4. The summed E-state index contributed by atoms with van der Waals surface area (Å²) in [6.07, 6.45) is 3.52. The Balaban J connectivity index is 2.03. The summed E-state index contributed by atoms with van der Waals surface area (Å²) in [6, 6.07) is 8.75. The third kappa shape index (κ3) is 3.74. The van der Waals surface area contributed by atoms with Crippen molar-refractivity contribution in [2.45, 2.75) is 38.8 Å². The molecule has 1 aromatic rings. The van der Waals surface area contributed by atoms with E-state index in [0.29, 0.717) is 0 Å². The summed E-state index contributed by atoms with van der Waals surface area (Å²) in [4.78, 5) is 4.58. The zero-order valence-corrected chi connectivity index (χ0v) is 13.4. The standard InChI is InChI=1S/C17H29N3/c1-14-6-5-11-20(13-14)17(2,18)12-15-7-9-16(10-8-15)19(3)4/h7-10,14H,5-6,11-13,18H2,1-4H3. The minimum atomic E-state index is -0.242. The molecule has 2 rings (SSSR count). The Kier molecular flexibility index (Phi) is 4.71. The Morgan fingerprint density at radius 3 is 2.50 bits per heavy atom. The van der Waals surface area contributed by atoms with E-state index in [2.05, 4.69) is 62.0 Å². The third-order valence-electron chi connectivity index (χ3n) is 4.39. The quantitative estimate of drug-likeness (QED) is 0.917. The number of benzene rings is 1. The lowest BCUT2D eigenvalue weighted by molar-refractivity contribution is 0.0627. The summed E-state index contributed by atoms with van der Waals surface area (Å²) >= 11 is 0. The van der Waals surface area contributed by atoms with Gasteiger partial charge in [-0.15, -0.1) is 0 Å². The van der Waals surface area contributed by atoms with Crippen LogP contribution in [0.25, 0.3) is 0 Å². The Morgan fingerprint density at radius 2 is 1.95 bits per heavy atom. The zero-order valence-electron chi connectivity index (χ0n) is 13.4. The Morgan fingerprint density at radius 1 is 1.30 bits per heavy atom. The molecule has 1 fully saturated rings. The number of hydrogen-bond acceptors (Lipinski definition) is 3. The largest absolute Gasteiger partial charge is 0.378 e. The van der Waals surface area contributed by atoms with E-state index in [1.54, 1.807) is 0 Å². The first kappa shape index (κ1) is 15.3. The minimum Gasteiger partial charge on any atom is -0.378 e. The number of likely N-dealkylation sites (tertiary alicyclic amines) is 1. The topological polar surface area (TPSA) is 32.5 Å². The van der Waals surface area contributed by atoms with Crippen molar-refractivity contribution in [2.24, 2.45) is 11.7 Å². The maximum absolute atomic E-state index is 6.60. The summed E-state index contributed by atoms with van der Waals surface area (Å²) in [7, 11) is 4.13. The van der Waals surface area contributed by atoms with Gasteiger partial charge in [0, 0.05) is 32.7 Å². The summed E-state index contributed by atoms with van der Waals surface area (Å²) < 4.78 is 0. The Labute approximate surface area is 123 Å². The summed E-state index contributed by atoms with van der Waals surface area (Å²) in [5.74, 6) is 0.766. The second-order valence-electron chi connectivity index (χ2n) is 6.79. The first-order valence-electron chi connectivity index (χ1n) is 7.69. The monoisotopic (exact) mass is 275 g/mol. The first-order valence-corrected chi connectivity index (χ1v) is 7.69. The second kappa shape index (κ2) is 6.15. The molecule has 1 aromatic carbocycles.